The number of ether oxygens (including phenoxy) is 1. The molecule has 22 heavy (non-hydrogen) atoms. The number of benzene rings is 1. The highest BCUT2D eigenvalue weighted by Crippen LogP contribution is 2.35. The second kappa shape index (κ2) is 6.02. The predicted octanol–water partition coefficient (Wildman–Crippen LogP) is 2.76. The number of aliphatic hydroxyl groups excluding tert-OH is 1. The summed E-state index contributed by atoms with van der Waals surface area (Å²) in [4.78, 5) is 0. The highest BCUT2D eigenvalue weighted by molar-refractivity contribution is 7.99. The van der Waals surface area contributed by atoms with Crippen molar-refractivity contribution in [1.82, 2.24) is 10.2 Å². The molecule has 1 aliphatic rings. The van der Waals surface area contributed by atoms with Crippen LogP contribution in [-0.4, -0.2) is 40.9 Å². The summed E-state index contributed by atoms with van der Waals surface area (Å²) in [6, 6.07) is 4.23. The van der Waals surface area contributed by atoms with Crippen molar-refractivity contribution in [3.63, 3.8) is 0 Å². The van der Waals surface area contributed by atoms with E-state index in [1.54, 1.807) is 0 Å². The fraction of sp³-hybridized carbons (Fsp3) is 0.500. The zero-order chi connectivity index (χ0) is 15.7. The Hall–Kier alpha value is -1.37. The topological polar surface area (TPSA) is 68.4 Å². The van der Waals surface area contributed by atoms with Gasteiger partial charge in [0.2, 0.25) is 5.89 Å². The number of aliphatic hydroxyl groups is 1. The van der Waals surface area contributed by atoms with Crippen LogP contribution in [0.3, 0.4) is 0 Å². The first-order valence-electron chi connectivity index (χ1n) is 7.26. The molecule has 0 unspecified atom stereocenters. The molecule has 1 fully saturated rings. The third-order valence-electron chi connectivity index (χ3n) is 3.95. The molecule has 1 saturated heterocycles. The highest BCUT2D eigenvalue weighted by atomic mass is 32.2. The van der Waals surface area contributed by atoms with E-state index in [1.165, 1.54) is 17.3 Å². The lowest BCUT2D eigenvalue weighted by Gasteiger charge is -2.39. The van der Waals surface area contributed by atoms with Crippen LogP contribution in [0, 0.1) is 26.2 Å². The molecular weight excluding hydrogens is 300 g/mol. The first kappa shape index (κ1) is 15.5. The maximum absolute atomic E-state index is 9.44. The average molecular weight is 320 g/mol. The Kier molecular flexibility index (Phi) is 4.25. The first-order valence-corrected chi connectivity index (χ1v) is 8.25. The van der Waals surface area contributed by atoms with Crippen molar-refractivity contribution in [2.24, 2.45) is 5.41 Å². The third-order valence-corrected chi connectivity index (χ3v) is 5.12. The van der Waals surface area contributed by atoms with Gasteiger partial charge in [-0.05, 0) is 31.9 Å². The van der Waals surface area contributed by atoms with Crippen molar-refractivity contribution in [1.29, 1.82) is 0 Å². The van der Waals surface area contributed by atoms with Crippen LogP contribution in [0.25, 0.3) is 11.5 Å². The number of aromatic nitrogens is 2. The molecule has 2 aromatic rings. The van der Waals surface area contributed by atoms with Crippen molar-refractivity contribution < 1.29 is 14.3 Å². The molecule has 2 heterocycles. The second-order valence-electron chi connectivity index (χ2n) is 6.09. The summed E-state index contributed by atoms with van der Waals surface area (Å²) in [5.74, 6) is 1.28. The van der Waals surface area contributed by atoms with E-state index in [9.17, 15) is 5.11 Å². The average Bonchev–Trinajstić information content (AvgIpc) is 2.85. The van der Waals surface area contributed by atoms with Crippen LogP contribution >= 0.6 is 11.8 Å². The normalized spacial score (nSPS) is 16.5. The van der Waals surface area contributed by atoms with Gasteiger partial charge in [0.1, 0.15) is 0 Å². The van der Waals surface area contributed by atoms with Gasteiger partial charge in [0.25, 0.3) is 5.22 Å². The van der Waals surface area contributed by atoms with Crippen molar-refractivity contribution in [3.05, 3.63) is 28.8 Å². The smallest absolute Gasteiger partial charge is 0.276 e. The van der Waals surface area contributed by atoms with E-state index in [-0.39, 0.29) is 12.0 Å². The molecule has 1 aliphatic heterocycles. The molecule has 6 heteroatoms. The molecule has 0 radical (unpaired) electrons. The largest absolute Gasteiger partial charge is 0.411 e. The Labute approximate surface area is 134 Å². The molecule has 0 spiro atoms. The van der Waals surface area contributed by atoms with Crippen LogP contribution in [0.5, 0.6) is 0 Å². The van der Waals surface area contributed by atoms with Crippen molar-refractivity contribution in [3.8, 4) is 11.5 Å². The SMILES string of the molecule is Cc1cc(C)c(-c2nnc(SCC3(CO)COC3)o2)c(C)c1. The molecule has 118 valence electrons. The van der Waals surface area contributed by atoms with Gasteiger partial charge in [0.05, 0.1) is 19.8 Å². The number of hydrogen-bond acceptors (Lipinski definition) is 6. The molecule has 1 N–H and O–H groups in total. The number of nitrogens with zero attached hydrogens (tertiary/aromatic N) is 2. The fourth-order valence-corrected chi connectivity index (χ4v) is 3.64. The van der Waals surface area contributed by atoms with E-state index in [0.717, 1.165) is 22.4 Å². The van der Waals surface area contributed by atoms with Gasteiger partial charge in [-0.3, -0.25) is 0 Å². The molecule has 0 atom stereocenters. The van der Waals surface area contributed by atoms with Gasteiger partial charge in [-0.2, -0.15) is 0 Å². The first-order chi connectivity index (χ1) is 10.5. The third kappa shape index (κ3) is 2.91. The molecule has 1 aromatic heterocycles. The lowest BCUT2D eigenvalue weighted by Crippen LogP contribution is -2.47. The Bertz CT molecular complexity index is 651. The summed E-state index contributed by atoms with van der Waals surface area (Å²) in [7, 11) is 0. The van der Waals surface area contributed by atoms with Gasteiger partial charge < -0.3 is 14.3 Å². The summed E-state index contributed by atoms with van der Waals surface area (Å²) < 4.78 is 11.0. The van der Waals surface area contributed by atoms with E-state index < -0.39 is 0 Å². The van der Waals surface area contributed by atoms with Crippen LogP contribution in [0.2, 0.25) is 0 Å². The minimum atomic E-state index is -0.158. The zero-order valence-corrected chi connectivity index (χ0v) is 13.9. The molecule has 1 aromatic carbocycles. The van der Waals surface area contributed by atoms with E-state index in [0.29, 0.717) is 24.3 Å². The standard InChI is InChI=1S/C16H20N2O3S/c1-10-4-11(2)13(12(3)5-10)14-17-18-15(21-14)22-9-16(6-19)7-20-8-16/h4-5,19H,6-9H2,1-3H3. The van der Waals surface area contributed by atoms with Gasteiger partial charge in [0, 0.05) is 16.7 Å². The maximum Gasteiger partial charge on any atom is 0.276 e. The Morgan fingerprint density at radius 2 is 1.86 bits per heavy atom. The zero-order valence-electron chi connectivity index (χ0n) is 13.0. The quantitative estimate of drug-likeness (QED) is 0.854. The molecular formula is C16H20N2O3S. The van der Waals surface area contributed by atoms with Crippen LogP contribution in [0.15, 0.2) is 21.8 Å². The fourth-order valence-electron chi connectivity index (χ4n) is 2.71. The van der Waals surface area contributed by atoms with Crippen LogP contribution in [0.1, 0.15) is 16.7 Å². The minimum absolute atomic E-state index is 0.122. The van der Waals surface area contributed by atoms with Crippen molar-refractivity contribution in [2.75, 3.05) is 25.6 Å². The van der Waals surface area contributed by atoms with Gasteiger partial charge in [-0.25, -0.2) is 0 Å². The van der Waals surface area contributed by atoms with Crippen LogP contribution < -0.4 is 0 Å². The lowest BCUT2D eigenvalue weighted by molar-refractivity contribution is -0.121. The van der Waals surface area contributed by atoms with E-state index >= 15 is 0 Å². The number of hydrogen-bond donors (Lipinski definition) is 1. The minimum Gasteiger partial charge on any atom is -0.411 e. The monoisotopic (exact) mass is 320 g/mol. The Morgan fingerprint density at radius 1 is 1.18 bits per heavy atom. The number of rotatable bonds is 5. The highest BCUT2D eigenvalue weighted by Gasteiger charge is 2.38. The number of aryl methyl sites for hydroxylation is 3. The summed E-state index contributed by atoms with van der Waals surface area (Å²) in [5.41, 5.74) is 4.35. The van der Waals surface area contributed by atoms with Crippen molar-refractivity contribution >= 4 is 11.8 Å². The lowest BCUT2D eigenvalue weighted by atomic mass is 9.90. The predicted molar refractivity (Wildman–Crippen MR) is 85.0 cm³/mol. The summed E-state index contributed by atoms with van der Waals surface area (Å²) in [5, 5.41) is 18.3. The van der Waals surface area contributed by atoms with Gasteiger partial charge >= 0.3 is 0 Å². The van der Waals surface area contributed by atoms with E-state index in [2.05, 4.69) is 43.1 Å². The molecule has 0 amide bonds. The van der Waals surface area contributed by atoms with Gasteiger partial charge in [-0.15, -0.1) is 10.2 Å². The van der Waals surface area contributed by atoms with Gasteiger partial charge in [-0.1, -0.05) is 29.5 Å². The Morgan fingerprint density at radius 3 is 2.41 bits per heavy atom. The molecule has 5 nitrogen and oxygen atoms in total. The maximum atomic E-state index is 9.44. The van der Waals surface area contributed by atoms with E-state index in [1.807, 2.05) is 0 Å². The molecule has 0 saturated carbocycles. The molecule has 0 bridgehead atoms. The number of thioether (sulfide) groups is 1. The summed E-state index contributed by atoms with van der Waals surface area (Å²) in [6.45, 7) is 7.49. The van der Waals surface area contributed by atoms with E-state index in [4.69, 9.17) is 9.15 Å². The second-order valence-corrected chi connectivity index (χ2v) is 7.01. The summed E-state index contributed by atoms with van der Waals surface area (Å²) in [6.07, 6.45) is 0. The van der Waals surface area contributed by atoms with Crippen LogP contribution in [-0.2, 0) is 4.74 Å². The van der Waals surface area contributed by atoms with Crippen molar-refractivity contribution in [2.45, 2.75) is 26.0 Å². The summed E-state index contributed by atoms with van der Waals surface area (Å²) >= 11 is 1.48. The molecule has 0 aliphatic carbocycles. The Balaban J connectivity index is 1.77. The van der Waals surface area contributed by atoms with Gasteiger partial charge in [0.15, 0.2) is 0 Å². The van der Waals surface area contributed by atoms with Crippen LogP contribution in [0.4, 0.5) is 0 Å². The molecule has 3 rings (SSSR count).